The van der Waals surface area contributed by atoms with Crippen LogP contribution in [0.2, 0.25) is 0 Å². The van der Waals surface area contributed by atoms with Gasteiger partial charge in [0.15, 0.2) is 0 Å². The van der Waals surface area contributed by atoms with Gasteiger partial charge in [-0.3, -0.25) is 5.32 Å². The topological polar surface area (TPSA) is 24.1 Å². The third-order valence-electron chi connectivity index (χ3n) is 2.17. The Hall–Kier alpha value is -0.0800. The number of rotatable bonds is 1. The molecule has 9 heavy (non-hydrogen) atoms. The van der Waals surface area contributed by atoms with Crippen molar-refractivity contribution < 1.29 is 0 Å². The van der Waals surface area contributed by atoms with E-state index in [0.29, 0.717) is 0 Å². The maximum atomic E-state index is 3.43. The molecule has 1 saturated heterocycles. The molecule has 1 heterocycles. The van der Waals surface area contributed by atoms with E-state index in [1.54, 1.807) is 0 Å². The van der Waals surface area contributed by atoms with Crippen LogP contribution in [0, 0.1) is 0 Å². The lowest BCUT2D eigenvalue weighted by atomic mass is 10.0. The summed E-state index contributed by atoms with van der Waals surface area (Å²) in [7, 11) is 2.01. The van der Waals surface area contributed by atoms with E-state index in [9.17, 15) is 0 Å². The maximum absolute atomic E-state index is 3.43. The van der Waals surface area contributed by atoms with E-state index in [-0.39, 0.29) is 5.66 Å². The Kier molecular flexibility index (Phi) is 2.09. The van der Waals surface area contributed by atoms with Crippen LogP contribution in [-0.2, 0) is 0 Å². The Morgan fingerprint density at radius 2 is 2.22 bits per heavy atom. The number of hydrogen-bond acceptors (Lipinski definition) is 2. The van der Waals surface area contributed by atoms with Crippen LogP contribution < -0.4 is 10.6 Å². The minimum atomic E-state index is 0.220. The molecule has 1 fully saturated rings. The lowest BCUT2D eigenvalue weighted by Crippen LogP contribution is -2.55. The van der Waals surface area contributed by atoms with Gasteiger partial charge >= 0.3 is 0 Å². The molecule has 1 aliphatic rings. The second-order valence-corrected chi connectivity index (χ2v) is 2.97. The van der Waals surface area contributed by atoms with Gasteiger partial charge in [-0.05, 0) is 39.8 Å². The summed E-state index contributed by atoms with van der Waals surface area (Å²) in [5.41, 5.74) is 0.220. The standard InChI is InChI=1S/C7H16N2/c1-7(8-2)5-3-4-6-9-7/h8-9H,3-6H2,1-2H3. The normalized spacial score (nSPS) is 36.7. The zero-order chi connectivity index (χ0) is 6.74. The fourth-order valence-corrected chi connectivity index (χ4v) is 1.27. The molecule has 0 aliphatic carbocycles. The highest BCUT2D eigenvalue weighted by molar-refractivity contribution is 4.81. The Labute approximate surface area is 57.0 Å². The summed E-state index contributed by atoms with van der Waals surface area (Å²) in [5, 5.41) is 6.70. The van der Waals surface area contributed by atoms with Crippen molar-refractivity contribution in [2.45, 2.75) is 31.8 Å². The second-order valence-electron chi connectivity index (χ2n) is 2.97. The molecule has 0 aromatic heterocycles. The fourth-order valence-electron chi connectivity index (χ4n) is 1.27. The SMILES string of the molecule is CNC1(C)CCCCN1. The molecule has 1 atom stereocenters. The molecule has 54 valence electrons. The minimum Gasteiger partial charge on any atom is -0.303 e. The van der Waals surface area contributed by atoms with Crippen molar-refractivity contribution in [1.29, 1.82) is 0 Å². The smallest absolute Gasteiger partial charge is 0.0655 e. The Balaban J connectivity index is 2.37. The molecule has 0 radical (unpaired) electrons. The summed E-state index contributed by atoms with van der Waals surface area (Å²) < 4.78 is 0. The average Bonchev–Trinajstić information content (AvgIpc) is 1.90. The Morgan fingerprint density at radius 3 is 2.56 bits per heavy atom. The van der Waals surface area contributed by atoms with Crippen molar-refractivity contribution in [3.63, 3.8) is 0 Å². The van der Waals surface area contributed by atoms with Crippen LogP contribution in [0.5, 0.6) is 0 Å². The molecule has 0 saturated carbocycles. The van der Waals surface area contributed by atoms with Crippen molar-refractivity contribution in [3.05, 3.63) is 0 Å². The summed E-state index contributed by atoms with van der Waals surface area (Å²) in [4.78, 5) is 0. The molecular weight excluding hydrogens is 112 g/mol. The first-order chi connectivity index (χ1) is 4.27. The van der Waals surface area contributed by atoms with Crippen LogP contribution in [0.25, 0.3) is 0 Å². The predicted molar refractivity (Wildman–Crippen MR) is 39.3 cm³/mol. The highest BCUT2D eigenvalue weighted by atomic mass is 15.2. The molecule has 0 aromatic carbocycles. The van der Waals surface area contributed by atoms with E-state index in [1.807, 2.05) is 7.05 Å². The van der Waals surface area contributed by atoms with Gasteiger partial charge in [0.2, 0.25) is 0 Å². The molecule has 2 nitrogen and oxygen atoms in total. The van der Waals surface area contributed by atoms with Gasteiger partial charge in [0.25, 0.3) is 0 Å². The molecule has 1 rings (SSSR count). The van der Waals surface area contributed by atoms with Gasteiger partial charge < -0.3 is 5.32 Å². The van der Waals surface area contributed by atoms with Gasteiger partial charge in [0.05, 0.1) is 5.66 Å². The summed E-state index contributed by atoms with van der Waals surface area (Å²) in [5.74, 6) is 0. The number of piperidine rings is 1. The zero-order valence-electron chi connectivity index (χ0n) is 6.33. The Bertz CT molecular complexity index is 84.9. The van der Waals surface area contributed by atoms with Gasteiger partial charge in [-0.15, -0.1) is 0 Å². The van der Waals surface area contributed by atoms with E-state index in [4.69, 9.17) is 0 Å². The number of nitrogens with one attached hydrogen (secondary N) is 2. The van der Waals surface area contributed by atoms with Crippen LogP contribution in [0.15, 0.2) is 0 Å². The molecule has 1 aliphatic heterocycles. The predicted octanol–water partition coefficient (Wildman–Crippen LogP) is 0.695. The van der Waals surface area contributed by atoms with E-state index in [1.165, 1.54) is 19.3 Å². The maximum Gasteiger partial charge on any atom is 0.0655 e. The summed E-state index contributed by atoms with van der Waals surface area (Å²) in [6.07, 6.45) is 3.94. The average molecular weight is 128 g/mol. The van der Waals surface area contributed by atoms with Crippen molar-refractivity contribution in [1.82, 2.24) is 10.6 Å². The first kappa shape index (κ1) is 7.03. The zero-order valence-corrected chi connectivity index (χ0v) is 6.33. The minimum absolute atomic E-state index is 0.220. The third-order valence-corrected chi connectivity index (χ3v) is 2.17. The van der Waals surface area contributed by atoms with Gasteiger partial charge in [-0.1, -0.05) is 0 Å². The van der Waals surface area contributed by atoms with Crippen LogP contribution in [0.4, 0.5) is 0 Å². The lowest BCUT2D eigenvalue weighted by Gasteiger charge is -2.34. The summed E-state index contributed by atoms with van der Waals surface area (Å²) in [6, 6.07) is 0. The molecule has 2 N–H and O–H groups in total. The Morgan fingerprint density at radius 1 is 1.44 bits per heavy atom. The lowest BCUT2D eigenvalue weighted by molar-refractivity contribution is 0.238. The summed E-state index contributed by atoms with van der Waals surface area (Å²) >= 11 is 0. The molecule has 1 unspecified atom stereocenters. The van der Waals surface area contributed by atoms with Gasteiger partial charge in [-0.2, -0.15) is 0 Å². The van der Waals surface area contributed by atoms with Crippen LogP contribution in [-0.4, -0.2) is 19.3 Å². The molecule has 0 aromatic rings. The highest BCUT2D eigenvalue weighted by Gasteiger charge is 2.22. The van der Waals surface area contributed by atoms with Gasteiger partial charge in [0, 0.05) is 0 Å². The highest BCUT2D eigenvalue weighted by Crippen LogP contribution is 2.14. The molecule has 2 heteroatoms. The van der Waals surface area contributed by atoms with Gasteiger partial charge in [0.1, 0.15) is 0 Å². The fraction of sp³-hybridized carbons (Fsp3) is 1.00. The molecule has 0 amide bonds. The van der Waals surface area contributed by atoms with Crippen LogP contribution in [0.3, 0.4) is 0 Å². The molecule has 0 spiro atoms. The summed E-state index contributed by atoms with van der Waals surface area (Å²) in [6.45, 7) is 3.38. The van der Waals surface area contributed by atoms with E-state index < -0.39 is 0 Å². The van der Waals surface area contributed by atoms with Crippen molar-refractivity contribution in [2.24, 2.45) is 0 Å². The van der Waals surface area contributed by atoms with E-state index >= 15 is 0 Å². The third kappa shape index (κ3) is 1.66. The number of hydrogen-bond donors (Lipinski definition) is 2. The molecular formula is C7H16N2. The first-order valence-corrected chi connectivity index (χ1v) is 3.71. The van der Waals surface area contributed by atoms with Gasteiger partial charge in [-0.25, -0.2) is 0 Å². The van der Waals surface area contributed by atoms with Crippen molar-refractivity contribution in [3.8, 4) is 0 Å². The first-order valence-electron chi connectivity index (χ1n) is 3.71. The van der Waals surface area contributed by atoms with Crippen molar-refractivity contribution in [2.75, 3.05) is 13.6 Å². The van der Waals surface area contributed by atoms with Crippen LogP contribution >= 0.6 is 0 Å². The monoisotopic (exact) mass is 128 g/mol. The van der Waals surface area contributed by atoms with E-state index in [0.717, 1.165) is 6.54 Å². The molecule has 0 bridgehead atoms. The second kappa shape index (κ2) is 2.67. The van der Waals surface area contributed by atoms with Crippen LogP contribution in [0.1, 0.15) is 26.2 Å². The quantitative estimate of drug-likeness (QED) is 0.543. The van der Waals surface area contributed by atoms with E-state index in [2.05, 4.69) is 17.6 Å². The largest absolute Gasteiger partial charge is 0.303 e. The van der Waals surface area contributed by atoms with Crippen molar-refractivity contribution >= 4 is 0 Å².